The molecule has 0 aliphatic rings. The van der Waals surface area contributed by atoms with Crippen LogP contribution in [0, 0.1) is 0 Å². The predicted molar refractivity (Wildman–Crippen MR) is 52.6 cm³/mol. The van der Waals surface area contributed by atoms with E-state index in [0.717, 1.165) is 0 Å². The Morgan fingerprint density at radius 2 is 1.75 bits per heavy atom. The van der Waals surface area contributed by atoms with Gasteiger partial charge in [-0.15, -0.1) is 0 Å². The molecule has 0 atom stereocenters. The summed E-state index contributed by atoms with van der Waals surface area (Å²) in [5.74, 6) is 1.52. The van der Waals surface area contributed by atoms with Gasteiger partial charge in [-0.2, -0.15) is 0 Å². The van der Waals surface area contributed by atoms with E-state index in [1.54, 1.807) is 24.3 Å². The molecule has 0 amide bonds. The predicted octanol–water partition coefficient (Wildman–Crippen LogP) is 2.48. The summed E-state index contributed by atoms with van der Waals surface area (Å²) in [6.45, 7) is 0. The monoisotopic (exact) mass is 230 g/mol. The lowest BCUT2D eigenvalue weighted by molar-refractivity contribution is 0.0601. The number of methoxy groups -OCH3 is 1. The zero-order valence-corrected chi connectivity index (χ0v) is 8.67. The minimum Gasteiger partial charge on any atom is -0.465 e. The quantitative estimate of drug-likeness (QED) is 0.548. The Morgan fingerprint density at radius 1 is 1.25 bits per heavy atom. The largest absolute Gasteiger partial charge is 0.465 e. The van der Waals surface area contributed by atoms with E-state index in [1.807, 2.05) is 11.9 Å². The molecule has 0 radical (unpaired) electrons. The summed E-state index contributed by atoms with van der Waals surface area (Å²) in [7, 11) is 1.37. The molecular weight excluding hydrogens is 220 g/mol. The number of alkyl halides is 1. The Kier molecular flexibility index (Phi) is 6.38. The molecule has 0 saturated carbocycles. The van der Waals surface area contributed by atoms with E-state index in [0.29, 0.717) is 5.56 Å². The zero-order valence-electron chi connectivity index (χ0n) is 7.08. The molecule has 0 N–H and O–H groups in total. The average molecular weight is 231 g/mol. The maximum Gasteiger partial charge on any atom is 0.337 e. The van der Waals surface area contributed by atoms with E-state index < -0.39 is 0 Å². The first-order valence-electron chi connectivity index (χ1n) is 3.36. The molecule has 0 bridgehead atoms. The van der Waals surface area contributed by atoms with E-state index in [9.17, 15) is 4.79 Å². The van der Waals surface area contributed by atoms with Crippen molar-refractivity contribution in [3.63, 3.8) is 0 Å². The smallest absolute Gasteiger partial charge is 0.337 e. The van der Waals surface area contributed by atoms with Gasteiger partial charge in [-0.1, -0.05) is 34.1 Å². The number of esters is 1. The first-order valence-corrected chi connectivity index (χ1v) is 4.94. The van der Waals surface area contributed by atoms with Crippen LogP contribution in [0.1, 0.15) is 10.4 Å². The lowest BCUT2D eigenvalue weighted by Gasteiger charge is -1.95. The van der Waals surface area contributed by atoms with Crippen LogP contribution in [0.4, 0.5) is 0 Å². The molecule has 2 nitrogen and oxygen atoms in total. The minimum atomic E-state index is -0.291. The highest BCUT2D eigenvalue weighted by Crippen LogP contribution is 1.98. The van der Waals surface area contributed by atoms with Crippen LogP contribution in [-0.2, 0) is 4.74 Å². The van der Waals surface area contributed by atoms with Crippen LogP contribution in [0.25, 0.3) is 0 Å². The van der Waals surface area contributed by atoms with Gasteiger partial charge < -0.3 is 4.74 Å². The average Bonchev–Trinajstić information content (AvgIpc) is 2.21. The van der Waals surface area contributed by atoms with E-state index in [1.165, 1.54) is 7.11 Å². The number of benzene rings is 1. The van der Waals surface area contributed by atoms with Gasteiger partial charge in [-0.05, 0) is 18.0 Å². The number of halogens is 1. The topological polar surface area (TPSA) is 26.3 Å². The second-order valence-corrected chi connectivity index (χ2v) is 1.86. The molecule has 3 heteroatoms. The summed E-state index contributed by atoms with van der Waals surface area (Å²) in [4.78, 5) is 10.8. The molecular formula is C9H11BrO2. The molecule has 0 aromatic heterocycles. The fourth-order valence-electron chi connectivity index (χ4n) is 0.692. The van der Waals surface area contributed by atoms with Crippen LogP contribution in [0.2, 0.25) is 0 Å². The van der Waals surface area contributed by atoms with Crippen molar-refractivity contribution in [2.24, 2.45) is 0 Å². The Bertz CT molecular complexity index is 221. The van der Waals surface area contributed by atoms with Crippen LogP contribution >= 0.6 is 15.9 Å². The standard InChI is InChI=1S/C8H8O2.CH3Br/c1-10-8(9)7-5-3-2-4-6-7;1-2/h2-6H,1H3;1H3. The lowest BCUT2D eigenvalue weighted by atomic mass is 10.2. The molecule has 0 aliphatic carbocycles. The molecule has 0 saturated heterocycles. The number of hydrogen-bond donors (Lipinski definition) is 0. The second-order valence-electron chi connectivity index (χ2n) is 1.86. The second kappa shape index (κ2) is 6.85. The minimum absolute atomic E-state index is 0.291. The Morgan fingerprint density at radius 3 is 2.17 bits per heavy atom. The van der Waals surface area contributed by atoms with Crippen molar-refractivity contribution in [3.05, 3.63) is 35.9 Å². The molecule has 0 unspecified atom stereocenters. The Labute approximate surface area is 80.7 Å². The van der Waals surface area contributed by atoms with Crippen molar-refractivity contribution in [3.8, 4) is 0 Å². The van der Waals surface area contributed by atoms with Crippen LogP contribution in [0.5, 0.6) is 0 Å². The van der Waals surface area contributed by atoms with E-state index in [4.69, 9.17) is 0 Å². The highest BCUT2D eigenvalue weighted by molar-refractivity contribution is 9.08. The Balaban J connectivity index is 0.000000561. The van der Waals surface area contributed by atoms with Gasteiger partial charge in [0.05, 0.1) is 12.7 Å². The van der Waals surface area contributed by atoms with Crippen molar-refractivity contribution in [2.45, 2.75) is 0 Å². The fourth-order valence-corrected chi connectivity index (χ4v) is 0.692. The van der Waals surface area contributed by atoms with Gasteiger partial charge in [0.15, 0.2) is 0 Å². The normalized spacial score (nSPS) is 7.92. The molecule has 1 aromatic rings. The first-order chi connectivity index (χ1) is 5.84. The number of ether oxygens (including phenoxy) is 1. The summed E-state index contributed by atoms with van der Waals surface area (Å²) in [5, 5.41) is 0. The number of rotatable bonds is 1. The maximum atomic E-state index is 10.8. The van der Waals surface area contributed by atoms with Gasteiger partial charge in [0.2, 0.25) is 0 Å². The van der Waals surface area contributed by atoms with Crippen LogP contribution in [-0.4, -0.2) is 18.9 Å². The van der Waals surface area contributed by atoms with Crippen LogP contribution in [0.3, 0.4) is 0 Å². The summed E-state index contributed by atoms with van der Waals surface area (Å²) >= 11 is 2.94. The van der Waals surface area contributed by atoms with Gasteiger partial charge in [0, 0.05) is 0 Å². The van der Waals surface area contributed by atoms with Crippen molar-refractivity contribution >= 4 is 21.9 Å². The molecule has 0 fully saturated rings. The molecule has 0 heterocycles. The summed E-state index contributed by atoms with van der Waals surface area (Å²) in [6.07, 6.45) is 0. The van der Waals surface area contributed by atoms with Crippen molar-refractivity contribution < 1.29 is 9.53 Å². The van der Waals surface area contributed by atoms with Crippen molar-refractivity contribution in [1.82, 2.24) is 0 Å². The van der Waals surface area contributed by atoms with E-state index in [2.05, 4.69) is 20.7 Å². The highest BCUT2D eigenvalue weighted by Gasteiger charge is 2.00. The van der Waals surface area contributed by atoms with Gasteiger partial charge in [-0.3, -0.25) is 0 Å². The van der Waals surface area contributed by atoms with E-state index >= 15 is 0 Å². The summed E-state index contributed by atoms with van der Waals surface area (Å²) in [5.41, 5.74) is 0.588. The number of carbonyl (C=O) groups is 1. The van der Waals surface area contributed by atoms with E-state index in [-0.39, 0.29) is 5.97 Å². The SMILES string of the molecule is CBr.COC(=O)c1ccccc1. The number of carbonyl (C=O) groups excluding carboxylic acids is 1. The third-order valence-corrected chi connectivity index (χ3v) is 1.19. The van der Waals surface area contributed by atoms with Crippen LogP contribution in [0.15, 0.2) is 30.3 Å². The molecule has 12 heavy (non-hydrogen) atoms. The molecule has 1 aromatic carbocycles. The Hall–Kier alpha value is -0.830. The van der Waals surface area contributed by atoms with Gasteiger partial charge in [0.25, 0.3) is 0 Å². The van der Waals surface area contributed by atoms with Gasteiger partial charge >= 0.3 is 5.97 Å². The third-order valence-electron chi connectivity index (χ3n) is 1.19. The maximum absolute atomic E-state index is 10.8. The number of hydrogen-bond acceptors (Lipinski definition) is 2. The van der Waals surface area contributed by atoms with Crippen LogP contribution < -0.4 is 0 Å². The third kappa shape index (κ3) is 3.53. The first kappa shape index (κ1) is 11.2. The van der Waals surface area contributed by atoms with Crippen molar-refractivity contribution in [1.29, 1.82) is 0 Å². The fraction of sp³-hybridized carbons (Fsp3) is 0.222. The molecule has 1 rings (SSSR count). The molecule has 0 aliphatic heterocycles. The molecule has 66 valence electrons. The molecule has 0 spiro atoms. The zero-order chi connectivity index (χ0) is 9.40. The van der Waals surface area contributed by atoms with Gasteiger partial charge in [-0.25, -0.2) is 4.79 Å². The lowest BCUT2D eigenvalue weighted by Crippen LogP contribution is -1.99. The summed E-state index contributed by atoms with van der Waals surface area (Å²) < 4.78 is 4.50. The van der Waals surface area contributed by atoms with Gasteiger partial charge in [0.1, 0.15) is 0 Å². The summed E-state index contributed by atoms with van der Waals surface area (Å²) in [6, 6.07) is 8.88. The van der Waals surface area contributed by atoms with Crippen molar-refractivity contribution in [2.75, 3.05) is 12.9 Å². The highest BCUT2D eigenvalue weighted by atomic mass is 79.9.